The summed E-state index contributed by atoms with van der Waals surface area (Å²) in [5.74, 6) is 0. The lowest BCUT2D eigenvalue weighted by atomic mass is 9.94. The highest BCUT2D eigenvalue weighted by molar-refractivity contribution is 14.1. The largest absolute Gasteiger partial charge is 0.298 e. The molecule has 2 aromatic rings. The third-order valence-electron chi connectivity index (χ3n) is 3.51. The van der Waals surface area contributed by atoms with E-state index in [1.807, 2.05) is 11.7 Å². The lowest BCUT2D eigenvalue weighted by Gasteiger charge is -2.13. The number of allylic oxidation sites excluding steroid dienone is 1. The molecule has 0 N–H and O–H groups in total. The second kappa shape index (κ2) is 5.33. The molecule has 1 aromatic heterocycles. The predicted molar refractivity (Wildman–Crippen MR) is 88.5 cm³/mol. The molecule has 1 aliphatic carbocycles. The Kier molecular flexibility index (Phi) is 3.69. The number of benzene rings is 1. The molecule has 1 aromatic carbocycles. The van der Waals surface area contributed by atoms with Crippen molar-refractivity contribution in [3.63, 3.8) is 0 Å². The van der Waals surface area contributed by atoms with E-state index in [9.17, 15) is 4.79 Å². The van der Waals surface area contributed by atoms with Crippen LogP contribution in [0.3, 0.4) is 0 Å². The van der Waals surface area contributed by atoms with Gasteiger partial charge in [0.1, 0.15) is 6.29 Å². The predicted octanol–water partition coefficient (Wildman–Crippen LogP) is 3.79. The quantitative estimate of drug-likeness (QED) is 0.570. The molecular weight excluding hydrogens is 387 g/mol. The molecule has 0 aliphatic heterocycles. The van der Waals surface area contributed by atoms with Gasteiger partial charge in [0, 0.05) is 27.3 Å². The van der Waals surface area contributed by atoms with Gasteiger partial charge in [-0.15, -0.1) is 0 Å². The monoisotopic (exact) mass is 398 g/mol. The van der Waals surface area contributed by atoms with Crippen LogP contribution in [0.4, 0.5) is 0 Å². The van der Waals surface area contributed by atoms with Crippen molar-refractivity contribution in [3.05, 3.63) is 44.7 Å². The number of fused-ring (bicyclic) bond motifs is 1. The average molecular weight is 399 g/mol. The van der Waals surface area contributed by atoms with Gasteiger partial charge in [0.05, 0.1) is 16.4 Å². The number of carbonyl (C=O) groups is 1. The van der Waals surface area contributed by atoms with Crippen molar-refractivity contribution >= 4 is 45.5 Å². The van der Waals surface area contributed by atoms with Crippen molar-refractivity contribution in [3.8, 4) is 11.3 Å². The Morgan fingerprint density at radius 2 is 2.00 bits per heavy atom. The second-order valence-corrected chi connectivity index (χ2v) is 6.38. The molecule has 1 aliphatic rings. The summed E-state index contributed by atoms with van der Waals surface area (Å²) in [6.07, 6.45) is 2.28. The molecule has 102 valence electrons. The van der Waals surface area contributed by atoms with Crippen LogP contribution in [0, 0.1) is 3.57 Å². The number of halogens is 2. The minimum absolute atomic E-state index is 0.544. The maximum atomic E-state index is 11.1. The summed E-state index contributed by atoms with van der Waals surface area (Å²) in [6.45, 7) is 0. The molecule has 0 unspecified atom stereocenters. The van der Waals surface area contributed by atoms with E-state index in [0.29, 0.717) is 17.0 Å². The highest BCUT2D eigenvalue weighted by Gasteiger charge is 2.25. The number of rotatable bonds is 2. The fourth-order valence-electron chi connectivity index (χ4n) is 2.56. The summed E-state index contributed by atoms with van der Waals surface area (Å²) in [5.41, 5.74) is 4.58. The fourth-order valence-corrected chi connectivity index (χ4v) is 3.26. The Morgan fingerprint density at radius 1 is 1.30 bits per heavy atom. The molecule has 5 heteroatoms. The van der Waals surface area contributed by atoms with Crippen LogP contribution in [-0.4, -0.2) is 16.1 Å². The summed E-state index contributed by atoms with van der Waals surface area (Å²) >= 11 is 8.68. The molecule has 0 radical (unpaired) electrons. The van der Waals surface area contributed by atoms with E-state index < -0.39 is 0 Å². The Hall–Kier alpha value is -1.14. The third kappa shape index (κ3) is 2.20. The van der Waals surface area contributed by atoms with Crippen LogP contribution < -0.4 is 0 Å². The van der Waals surface area contributed by atoms with E-state index in [0.717, 1.165) is 35.2 Å². The van der Waals surface area contributed by atoms with Crippen LogP contribution in [0.25, 0.3) is 16.3 Å². The lowest BCUT2D eigenvalue weighted by Crippen LogP contribution is -2.02. The Balaban J connectivity index is 2.24. The van der Waals surface area contributed by atoms with Gasteiger partial charge in [-0.05, 0) is 47.6 Å². The standard InChI is InChI=1S/C15H12ClIN2O/c1-19-15(9-2-5-11(17)6-3-9)13-12(18-19)7-4-10(8-20)14(13)16/h2-3,5-6,8H,4,7H2,1H3. The van der Waals surface area contributed by atoms with Crippen LogP contribution in [0.5, 0.6) is 0 Å². The van der Waals surface area contributed by atoms with E-state index in [4.69, 9.17) is 11.6 Å². The summed E-state index contributed by atoms with van der Waals surface area (Å²) < 4.78 is 3.03. The average Bonchev–Trinajstić information content (AvgIpc) is 2.77. The van der Waals surface area contributed by atoms with Crippen molar-refractivity contribution in [2.24, 2.45) is 7.05 Å². The maximum Gasteiger partial charge on any atom is 0.147 e. The van der Waals surface area contributed by atoms with Crippen LogP contribution >= 0.6 is 34.2 Å². The first kappa shape index (κ1) is 13.8. The molecular formula is C15H12ClIN2O. The SMILES string of the molecule is Cn1nc2c(c1-c1ccc(I)cc1)C(Cl)=C(C=O)CC2. The molecule has 0 saturated heterocycles. The van der Waals surface area contributed by atoms with Crippen molar-refractivity contribution < 1.29 is 4.79 Å². The van der Waals surface area contributed by atoms with Gasteiger partial charge in [-0.2, -0.15) is 5.10 Å². The topological polar surface area (TPSA) is 34.9 Å². The summed E-state index contributed by atoms with van der Waals surface area (Å²) in [4.78, 5) is 11.1. The summed E-state index contributed by atoms with van der Waals surface area (Å²) in [6, 6.07) is 8.21. The molecule has 0 fully saturated rings. The number of carbonyl (C=O) groups excluding carboxylic acids is 1. The summed E-state index contributed by atoms with van der Waals surface area (Å²) in [7, 11) is 1.91. The first-order valence-corrected chi connectivity index (χ1v) is 7.73. The number of hydrogen-bond acceptors (Lipinski definition) is 2. The number of aryl methyl sites for hydroxylation is 2. The number of aldehydes is 1. The van der Waals surface area contributed by atoms with E-state index in [2.05, 4.69) is 52.0 Å². The van der Waals surface area contributed by atoms with Gasteiger partial charge >= 0.3 is 0 Å². The van der Waals surface area contributed by atoms with Gasteiger partial charge in [0.2, 0.25) is 0 Å². The second-order valence-electron chi connectivity index (χ2n) is 4.76. The van der Waals surface area contributed by atoms with Gasteiger partial charge < -0.3 is 0 Å². The minimum Gasteiger partial charge on any atom is -0.298 e. The van der Waals surface area contributed by atoms with Gasteiger partial charge in [-0.25, -0.2) is 0 Å². The highest BCUT2D eigenvalue weighted by Crippen LogP contribution is 2.39. The summed E-state index contributed by atoms with van der Waals surface area (Å²) in [5, 5.41) is 5.09. The number of aromatic nitrogens is 2. The van der Waals surface area contributed by atoms with E-state index in [1.165, 1.54) is 3.57 Å². The Morgan fingerprint density at radius 3 is 2.65 bits per heavy atom. The Bertz CT molecular complexity index is 716. The fraction of sp³-hybridized carbons (Fsp3) is 0.200. The molecule has 0 amide bonds. The molecule has 3 rings (SSSR count). The molecule has 1 heterocycles. The highest BCUT2D eigenvalue weighted by atomic mass is 127. The van der Waals surface area contributed by atoms with Gasteiger partial charge in [0.15, 0.2) is 0 Å². The van der Waals surface area contributed by atoms with Gasteiger partial charge in [-0.1, -0.05) is 23.7 Å². The first-order valence-electron chi connectivity index (χ1n) is 6.28. The van der Waals surface area contributed by atoms with Crippen LogP contribution in [0.1, 0.15) is 17.7 Å². The van der Waals surface area contributed by atoms with E-state index in [1.54, 1.807) is 0 Å². The minimum atomic E-state index is 0.544. The van der Waals surface area contributed by atoms with E-state index >= 15 is 0 Å². The van der Waals surface area contributed by atoms with Crippen molar-refractivity contribution in [1.29, 1.82) is 0 Å². The zero-order valence-electron chi connectivity index (χ0n) is 10.9. The Labute approximate surface area is 135 Å². The molecule has 0 atom stereocenters. The number of nitrogens with zero attached hydrogens (tertiary/aromatic N) is 2. The molecule has 20 heavy (non-hydrogen) atoms. The van der Waals surface area contributed by atoms with Gasteiger partial charge in [0.25, 0.3) is 0 Å². The maximum absolute atomic E-state index is 11.1. The van der Waals surface area contributed by atoms with Crippen LogP contribution in [0.2, 0.25) is 0 Å². The van der Waals surface area contributed by atoms with Crippen molar-refractivity contribution in [1.82, 2.24) is 9.78 Å². The molecule has 0 spiro atoms. The zero-order chi connectivity index (χ0) is 14.3. The molecule has 0 bridgehead atoms. The first-order chi connectivity index (χ1) is 9.61. The molecule has 3 nitrogen and oxygen atoms in total. The zero-order valence-corrected chi connectivity index (χ0v) is 13.8. The molecule has 0 saturated carbocycles. The smallest absolute Gasteiger partial charge is 0.147 e. The lowest BCUT2D eigenvalue weighted by molar-refractivity contribution is -0.105. The normalized spacial score (nSPS) is 14.3. The van der Waals surface area contributed by atoms with Gasteiger partial charge in [-0.3, -0.25) is 9.48 Å². The third-order valence-corrected chi connectivity index (χ3v) is 4.66. The van der Waals surface area contributed by atoms with Crippen LogP contribution in [-0.2, 0) is 18.3 Å². The van der Waals surface area contributed by atoms with E-state index in [-0.39, 0.29) is 0 Å². The van der Waals surface area contributed by atoms with Crippen molar-refractivity contribution in [2.75, 3.05) is 0 Å². The number of hydrogen-bond donors (Lipinski definition) is 0. The van der Waals surface area contributed by atoms with Crippen LogP contribution in [0.15, 0.2) is 29.8 Å². The van der Waals surface area contributed by atoms with Crippen molar-refractivity contribution in [2.45, 2.75) is 12.8 Å².